The highest BCUT2D eigenvalue weighted by atomic mass is 32.2. The van der Waals surface area contributed by atoms with Crippen molar-refractivity contribution < 1.29 is 66.5 Å². The van der Waals surface area contributed by atoms with E-state index in [0.29, 0.717) is 32.8 Å². The summed E-state index contributed by atoms with van der Waals surface area (Å²) in [5, 5.41) is 42.8. The van der Waals surface area contributed by atoms with Crippen molar-refractivity contribution in [1.82, 2.24) is 36.3 Å². The van der Waals surface area contributed by atoms with Gasteiger partial charge in [0.2, 0.25) is 39.6 Å². The van der Waals surface area contributed by atoms with Gasteiger partial charge < -0.3 is 52.6 Å². The molecule has 5 rings (SSSR count). The highest BCUT2D eigenvalue weighted by Crippen LogP contribution is 2.21. The summed E-state index contributed by atoms with van der Waals surface area (Å²) < 4.78 is 43.3. The number of aromatic amines is 1. The minimum absolute atomic E-state index is 0.0693. The first-order valence-corrected chi connectivity index (χ1v) is 23.1. The quantitative estimate of drug-likeness (QED) is 0.0354. The Morgan fingerprint density at radius 2 is 1.24 bits per heavy atom. The van der Waals surface area contributed by atoms with E-state index in [-0.39, 0.29) is 29.9 Å². The molecule has 0 saturated heterocycles. The topological polar surface area (TPSA) is 345 Å². The number of carboxylic acids is 3. The number of carboxylic acid groups (broad SMARTS) is 3. The Hall–Kier alpha value is -8.18. The van der Waals surface area contributed by atoms with Crippen molar-refractivity contribution >= 4 is 79.1 Å². The molecule has 0 bridgehead atoms. The summed E-state index contributed by atoms with van der Waals surface area (Å²) in [7, 11) is -4.54. The van der Waals surface area contributed by atoms with Gasteiger partial charge in [0.25, 0.3) is 0 Å². The predicted molar refractivity (Wildman–Crippen MR) is 250 cm³/mol. The van der Waals surface area contributed by atoms with Gasteiger partial charge in [-0.25, -0.2) is 12.8 Å². The zero-order chi connectivity index (χ0) is 51.1. The summed E-state index contributed by atoms with van der Waals surface area (Å²) >= 11 is 0. The van der Waals surface area contributed by atoms with Crippen molar-refractivity contribution in [3.05, 3.63) is 126 Å². The fourth-order valence-electron chi connectivity index (χ4n) is 7.31. The van der Waals surface area contributed by atoms with Gasteiger partial charge in [0.05, 0.1) is 17.9 Å². The molecular formula is C47H51FN8O13S. The number of aliphatic carboxylic acids is 3. The van der Waals surface area contributed by atoms with Gasteiger partial charge in [0.15, 0.2) is 0 Å². The maximum Gasteiger partial charge on any atom is 0.305 e. The number of rotatable bonds is 27. The minimum Gasteiger partial charge on any atom is -0.481 e. The number of carbonyl (C=O) groups is 8. The molecule has 0 fully saturated rings. The molecule has 5 amide bonds. The molecule has 0 radical (unpaired) electrons. The molecule has 0 aliphatic rings. The Morgan fingerprint density at radius 3 is 1.90 bits per heavy atom. The summed E-state index contributed by atoms with van der Waals surface area (Å²) in [6.07, 6.45) is -1.93. The minimum atomic E-state index is -4.54. The van der Waals surface area contributed by atoms with Crippen LogP contribution in [0.1, 0.15) is 43.2 Å². The number of sulfonamides is 1. The number of carbonyl (C=O) groups excluding carboxylic acids is 5. The normalized spacial score (nSPS) is 13.4. The van der Waals surface area contributed by atoms with Gasteiger partial charge in [-0.1, -0.05) is 67.2 Å². The molecular weight excluding hydrogens is 936 g/mol. The zero-order valence-corrected chi connectivity index (χ0v) is 38.1. The number of hydrogen-bond acceptors (Lipinski definition) is 11. The van der Waals surface area contributed by atoms with E-state index in [1.54, 1.807) is 54.7 Å². The number of amides is 5. The summed E-state index contributed by atoms with van der Waals surface area (Å²) in [4.78, 5) is 105. The average Bonchev–Trinajstić information content (AvgIpc) is 3.71. The molecule has 370 valence electrons. The van der Waals surface area contributed by atoms with E-state index in [1.165, 1.54) is 36.4 Å². The zero-order valence-electron chi connectivity index (χ0n) is 37.3. The van der Waals surface area contributed by atoms with Gasteiger partial charge in [-0.05, 0) is 65.1 Å². The Morgan fingerprint density at radius 1 is 0.643 bits per heavy atom. The van der Waals surface area contributed by atoms with Crippen LogP contribution in [0.4, 0.5) is 4.39 Å². The van der Waals surface area contributed by atoms with Crippen molar-refractivity contribution in [3.63, 3.8) is 0 Å². The SMILES string of the molecule is C=C(CNC(=O)[C@H](CCC(=O)O)NC(=O)[C@@H](CC(=O)O)NS(=O)(=O)c1ccc2ccccc2c1)N[C@@H](Cc1cccc(F)c1)C(=O)N[C@@H](Cc1c[nH]c2ccccc12)C(=O)N[C@@H](CCC(=O)O)C(N)=O. The molecule has 0 aliphatic carbocycles. The van der Waals surface area contributed by atoms with Crippen molar-refractivity contribution in [2.24, 2.45) is 5.73 Å². The lowest BCUT2D eigenvalue weighted by atomic mass is 10.0. The maximum atomic E-state index is 14.4. The van der Waals surface area contributed by atoms with Crippen molar-refractivity contribution in [2.75, 3.05) is 6.54 Å². The molecule has 1 heterocycles. The van der Waals surface area contributed by atoms with Gasteiger partial charge in [0.1, 0.15) is 36.0 Å². The molecule has 0 saturated carbocycles. The van der Waals surface area contributed by atoms with E-state index in [2.05, 4.69) is 42.9 Å². The van der Waals surface area contributed by atoms with Crippen LogP contribution in [0.3, 0.4) is 0 Å². The Labute approximate surface area is 399 Å². The molecule has 70 heavy (non-hydrogen) atoms. The van der Waals surface area contributed by atoms with Crippen LogP contribution in [0, 0.1) is 5.82 Å². The smallest absolute Gasteiger partial charge is 0.305 e. The molecule has 12 N–H and O–H groups in total. The second-order valence-corrected chi connectivity index (χ2v) is 17.9. The number of fused-ring (bicyclic) bond motifs is 2. The molecule has 0 unspecified atom stereocenters. The van der Waals surface area contributed by atoms with E-state index in [9.17, 15) is 66.5 Å². The van der Waals surface area contributed by atoms with Crippen molar-refractivity contribution in [3.8, 4) is 0 Å². The second-order valence-electron chi connectivity index (χ2n) is 16.1. The third-order valence-corrected chi connectivity index (χ3v) is 12.3. The van der Waals surface area contributed by atoms with Gasteiger partial charge in [0, 0.05) is 48.5 Å². The summed E-state index contributed by atoms with van der Waals surface area (Å²) in [6.45, 7) is 3.37. The first-order chi connectivity index (χ1) is 33.2. The van der Waals surface area contributed by atoms with Gasteiger partial charge >= 0.3 is 17.9 Å². The summed E-state index contributed by atoms with van der Waals surface area (Å²) in [5.41, 5.74) is 6.98. The molecule has 0 spiro atoms. The Bertz CT molecular complexity index is 2910. The standard InChI is InChI=1S/C47H51FN8O13S/c1-26(24-51-44(64)36(16-18-41(59)60)54-47(67)39(23-42(61)62)56-70(68,69)32-14-13-28-8-2-3-9-29(28)21-32)52-37(20-27-7-6-10-31(48)19-27)45(65)55-38(22-30-25-50-34-12-5-4-11-33(30)34)46(66)53-35(43(49)63)15-17-40(57)58/h2-14,19,21,25,35-39,50,52,56H,1,15-18,20,22-24H2,(H2,49,63)(H,51,64)(H,53,66)(H,54,67)(H,55,65)(H,57,58)(H,59,60)(H,61,62)/t35-,36-,37-,38-,39+/m0/s1. The first kappa shape index (κ1) is 52.8. The molecule has 5 aromatic rings. The molecule has 5 atom stereocenters. The van der Waals surface area contributed by atoms with Crippen LogP contribution < -0.4 is 37.0 Å². The van der Waals surface area contributed by atoms with Crippen LogP contribution in [0.25, 0.3) is 21.7 Å². The number of para-hydroxylation sites is 1. The number of primary amides is 1. The third kappa shape index (κ3) is 15.4. The second kappa shape index (κ2) is 24.2. The lowest BCUT2D eigenvalue weighted by molar-refractivity contribution is -0.140. The fourth-order valence-corrected chi connectivity index (χ4v) is 8.54. The van der Waals surface area contributed by atoms with Gasteiger partial charge in [-0.2, -0.15) is 4.72 Å². The van der Waals surface area contributed by atoms with Crippen LogP contribution in [0.15, 0.2) is 114 Å². The van der Waals surface area contributed by atoms with Crippen molar-refractivity contribution in [1.29, 1.82) is 0 Å². The number of halogens is 1. The number of benzene rings is 4. The molecule has 23 heteroatoms. The lowest BCUT2D eigenvalue weighted by Crippen LogP contribution is -2.57. The Balaban J connectivity index is 1.34. The molecule has 1 aromatic heterocycles. The van der Waals surface area contributed by atoms with Crippen molar-refractivity contribution in [2.45, 2.75) is 80.1 Å². The highest BCUT2D eigenvalue weighted by molar-refractivity contribution is 7.89. The van der Waals surface area contributed by atoms with Gasteiger partial charge in [-0.15, -0.1) is 0 Å². The molecule has 0 aliphatic heterocycles. The van der Waals surface area contributed by atoms with Crippen LogP contribution in [-0.4, -0.2) is 113 Å². The lowest BCUT2D eigenvalue weighted by Gasteiger charge is -2.26. The van der Waals surface area contributed by atoms with E-state index >= 15 is 0 Å². The van der Waals surface area contributed by atoms with Crippen LogP contribution in [0.2, 0.25) is 0 Å². The number of nitrogens with two attached hydrogens (primary N) is 1. The first-order valence-electron chi connectivity index (χ1n) is 21.6. The number of hydrogen-bond donors (Lipinski definition) is 11. The summed E-state index contributed by atoms with van der Waals surface area (Å²) in [5.74, 6) is -9.91. The monoisotopic (exact) mass is 986 g/mol. The van der Waals surface area contributed by atoms with E-state index in [1.807, 2.05) is 0 Å². The number of H-pyrrole nitrogens is 1. The van der Waals surface area contributed by atoms with Gasteiger partial charge in [-0.3, -0.25) is 38.4 Å². The van der Waals surface area contributed by atoms with E-state index in [4.69, 9.17) is 5.73 Å². The molecule has 21 nitrogen and oxygen atoms in total. The summed E-state index contributed by atoms with van der Waals surface area (Å²) in [6, 6.07) is 15.3. The van der Waals surface area contributed by atoms with Crippen LogP contribution >= 0.6 is 0 Å². The van der Waals surface area contributed by atoms with E-state index in [0.717, 1.165) is 6.07 Å². The fraction of sp³-hybridized carbons (Fsp3) is 0.277. The Kier molecular flexibility index (Phi) is 18.3. The maximum absolute atomic E-state index is 14.4. The molecule has 4 aromatic carbocycles. The predicted octanol–water partition coefficient (Wildman–Crippen LogP) is 1.32. The van der Waals surface area contributed by atoms with Crippen LogP contribution in [-0.2, 0) is 61.2 Å². The number of nitrogens with one attached hydrogen (secondary N) is 7. The van der Waals surface area contributed by atoms with E-state index < -0.39 is 126 Å². The number of aromatic nitrogens is 1. The average molecular weight is 987 g/mol. The third-order valence-electron chi connectivity index (χ3n) is 10.8. The highest BCUT2D eigenvalue weighted by Gasteiger charge is 2.33. The largest absolute Gasteiger partial charge is 0.481 e. The van der Waals surface area contributed by atoms with Crippen LogP contribution in [0.5, 0.6) is 0 Å².